The summed E-state index contributed by atoms with van der Waals surface area (Å²) >= 11 is 0. The molecule has 0 radical (unpaired) electrons. The summed E-state index contributed by atoms with van der Waals surface area (Å²) in [5, 5.41) is 7.67. The lowest BCUT2D eigenvalue weighted by atomic mass is 10.1. The van der Waals surface area contributed by atoms with Crippen LogP contribution in [-0.2, 0) is 12.7 Å². The molecule has 0 unspecified atom stereocenters. The van der Waals surface area contributed by atoms with E-state index >= 15 is 0 Å². The number of nitrogens with two attached hydrogens (primary N) is 1. The number of benzene rings is 1. The third-order valence-electron chi connectivity index (χ3n) is 3.40. The molecule has 1 saturated carbocycles. The molecule has 1 aliphatic rings. The van der Waals surface area contributed by atoms with E-state index in [1.165, 1.54) is 0 Å². The topological polar surface area (TPSA) is 56.7 Å². The SMILES string of the molecule is NCc1nnc(-c2cc(C(F)(F)F)ccc2F)n1C1CC1. The summed E-state index contributed by atoms with van der Waals surface area (Å²) < 4.78 is 53.9. The van der Waals surface area contributed by atoms with Gasteiger partial charge in [0.2, 0.25) is 0 Å². The molecule has 8 heteroatoms. The Morgan fingerprint density at radius 3 is 2.52 bits per heavy atom. The van der Waals surface area contributed by atoms with Gasteiger partial charge in [-0.25, -0.2) is 4.39 Å². The zero-order chi connectivity index (χ0) is 15.2. The van der Waals surface area contributed by atoms with Gasteiger partial charge < -0.3 is 10.3 Å². The Bertz CT molecular complexity index is 673. The second-order valence-corrected chi connectivity index (χ2v) is 4.94. The second-order valence-electron chi connectivity index (χ2n) is 4.94. The monoisotopic (exact) mass is 300 g/mol. The normalized spacial score (nSPS) is 15.5. The molecule has 0 amide bonds. The predicted octanol–water partition coefficient (Wildman–Crippen LogP) is 2.90. The standard InChI is InChI=1S/C13H12F4N4/c14-10-4-1-7(13(15,16)17)5-9(10)12-20-19-11(6-18)21(12)8-2-3-8/h1,4-5,8H,2-3,6,18H2. The van der Waals surface area contributed by atoms with Crippen molar-refractivity contribution < 1.29 is 17.6 Å². The summed E-state index contributed by atoms with van der Waals surface area (Å²) in [5.41, 5.74) is 4.43. The highest BCUT2D eigenvalue weighted by molar-refractivity contribution is 5.58. The summed E-state index contributed by atoms with van der Waals surface area (Å²) in [4.78, 5) is 0. The molecule has 0 atom stereocenters. The number of aromatic nitrogens is 3. The number of hydrogen-bond acceptors (Lipinski definition) is 3. The average Bonchev–Trinajstić information content (AvgIpc) is 3.17. The molecule has 0 bridgehead atoms. The molecule has 21 heavy (non-hydrogen) atoms. The Morgan fingerprint density at radius 1 is 1.24 bits per heavy atom. The van der Waals surface area contributed by atoms with Crippen LogP contribution in [0.3, 0.4) is 0 Å². The number of alkyl halides is 3. The first-order chi connectivity index (χ1) is 9.91. The maximum atomic E-state index is 13.9. The van der Waals surface area contributed by atoms with Crippen molar-refractivity contribution in [3.05, 3.63) is 35.4 Å². The van der Waals surface area contributed by atoms with E-state index in [0.29, 0.717) is 11.9 Å². The van der Waals surface area contributed by atoms with Crippen molar-refractivity contribution in [1.29, 1.82) is 0 Å². The van der Waals surface area contributed by atoms with E-state index in [2.05, 4.69) is 10.2 Å². The van der Waals surface area contributed by atoms with Gasteiger partial charge in [0.05, 0.1) is 17.7 Å². The molecule has 0 aliphatic heterocycles. The van der Waals surface area contributed by atoms with Gasteiger partial charge in [0, 0.05) is 6.04 Å². The third-order valence-corrected chi connectivity index (χ3v) is 3.40. The van der Waals surface area contributed by atoms with Crippen molar-refractivity contribution in [2.24, 2.45) is 5.73 Å². The van der Waals surface area contributed by atoms with Crippen LogP contribution >= 0.6 is 0 Å². The Labute approximate surface area is 117 Å². The molecule has 1 heterocycles. The number of halogens is 4. The molecule has 4 nitrogen and oxygen atoms in total. The van der Waals surface area contributed by atoms with Crippen molar-refractivity contribution in [2.75, 3.05) is 0 Å². The van der Waals surface area contributed by atoms with Crippen LogP contribution in [0.5, 0.6) is 0 Å². The van der Waals surface area contributed by atoms with Gasteiger partial charge in [-0.2, -0.15) is 13.2 Å². The predicted molar refractivity (Wildman–Crippen MR) is 66.6 cm³/mol. The fourth-order valence-electron chi connectivity index (χ4n) is 2.24. The largest absolute Gasteiger partial charge is 0.416 e. The first-order valence-corrected chi connectivity index (χ1v) is 6.42. The number of hydrogen-bond donors (Lipinski definition) is 1. The van der Waals surface area contributed by atoms with E-state index in [1.807, 2.05) is 0 Å². The van der Waals surface area contributed by atoms with Crippen LogP contribution in [0, 0.1) is 5.82 Å². The summed E-state index contributed by atoms with van der Waals surface area (Å²) in [6.45, 7) is 0.101. The van der Waals surface area contributed by atoms with Crippen molar-refractivity contribution in [3.8, 4) is 11.4 Å². The Kier molecular flexibility index (Phi) is 3.20. The minimum atomic E-state index is -4.54. The van der Waals surface area contributed by atoms with Gasteiger partial charge in [-0.3, -0.25) is 0 Å². The van der Waals surface area contributed by atoms with E-state index in [-0.39, 0.29) is 24.0 Å². The minimum absolute atomic E-state index is 0.0856. The maximum Gasteiger partial charge on any atom is 0.416 e. The lowest BCUT2D eigenvalue weighted by Gasteiger charge is -2.11. The van der Waals surface area contributed by atoms with Crippen LogP contribution in [0.2, 0.25) is 0 Å². The van der Waals surface area contributed by atoms with E-state index in [0.717, 1.165) is 25.0 Å². The quantitative estimate of drug-likeness (QED) is 0.887. The zero-order valence-corrected chi connectivity index (χ0v) is 10.9. The van der Waals surface area contributed by atoms with Gasteiger partial charge in [-0.1, -0.05) is 0 Å². The van der Waals surface area contributed by atoms with Crippen molar-refractivity contribution in [1.82, 2.24) is 14.8 Å². The smallest absolute Gasteiger partial charge is 0.324 e. The molecule has 2 N–H and O–H groups in total. The average molecular weight is 300 g/mol. The molecule has 1 aliphatic carbocycles. The summed E-state index contributed by atoms with van der Waals surface area (Å²) in [7, 11) is 0. The third kappa shape index (κ3) is 2.51. The lowest BCUT2D eigenvalue weighted by Crippen LogP contribution is -2.10. The van der Waals surface area contributed by atoms with Gasteiger partial charge in [0.25, 0.3) is 0 Å². The lowest BCUT2D eigenvalue weighted by molar-refractivity contribution is -0.137. The summed E-state index contributed by atoms with van der Waals surface area (Å²) in [6.07, 6.45) is -2.82. The van der Waals surface area contributed by atoms with Crippen molar-refractivity contribution in [3.63, 3.8) is 0 Å². The molecule has 3 rings (SSSR count). The molecule has 1 aromatic heterocycles. The molecule has 1 fully saturated rings. The van der Waals surface area contributed by atoms with Crippen molar-refractivity contribution in [2.45, 2.75) is 31.6 Å². The Hall–Kier alpha value is -1.96. The van der Waals surface area contributed by atoms with Crippen LogP contribution in [0.4, 0.5) is 17.6 Å². The fraction of sp³-hybridized carbons (Fsp3) is 0.385. The number of rotatable bonds is 3. The maximum absolute atomic E-state index is 13.9. The molecule has 0 spiro atoms. The highest BCUT2D eigenvalue weighted by Crippen LogP contribution is 2.40. The van der Waals surface area contributed by atoms with Crippen molar-refractivity contribution >= 4 is 0 Å². The minimum Gasteiger partial charge on any atom is -0.324 e. The summed E-state index contributed by atoms with van der Waals surface area (Å²) in [6, 6.07) is 2.35. The van der Waals surface area contributed by atoms with Crippen LogP contribution < -0.4 is 5.73 Å². The van der Waals surface area contributed by atoms with Crippen LogP contribution in [-0.4, -0.2) is 14.8 Å². The zero-order valence-electron chi connectivity index (χ0n) is 10.9. The van der Waals surface area contributed by atoms with E-state index in [1.54, 1.807) is 4.57 Å². The number of nitrogens with zero attached hydrogens (tertiary/aromatic N) is 3. The Balaban J connectivity index is 2.14. The molecule has 0 saturated heterocycles. The summed E-state index contributed by atoms with van der Waals surface area (Å²) in [5.74, 6) is -0.216. The van der Waals surface area contributed by atoms with Crippen LogP contribution in [0.15, 0.2) is 18.2 Å². The second kappa shape index (κ2) is 4.80. The van der Waals surface area contributed by atoms with Gasteiger partial charge in [-0.05, 0) is 31.0 Å². The Morgan fingerprint density at radius 2 is 1.95 bits per heavy atom. The highest BCUT2D eigenvalue weighted by Gasteiger charge is 2.34. The first kappa shape index (κ1) is 14.0. The van der Waals surface area contributed by atoms with E-state index in [9.17, 15) is 17.6 Å². The molecular weight excluding hydrogens is 288 g/mol. The first-order valence-electron chi connectivity index (χ1n) is 6.42. The fourth-order valence-corrected chi connectivity index (χ4v) is 2.24. The van der Waals surface area contributed by atoms with Gasteiger partial charge >= 0.3 is 6.18 Å². The van der Waals surface area contributed by atoms with E-state index < -0.39 is 17.6 Å². The van der Waals surface area contributed by atoms with Crippen LogP contribution in [0.1, 0.15) is 30.3 Å². The molecule has 112 valence electrons. The van der Waals surface area contributed by atoms with E-state index in [4.69, 9.17) is 5.73 Å². The van der Waals surface area contributed by atoms with Crippen LogP contribution in [0.25, 0.3) is 11.4 Å². The van der Waals surface area contributed by atoms with Gasteiger partial charge in [-0.15, -0.1) is 10.2 Å². The molecular formula is C13H12F4N4. The van der Waals surface area contributed by atoms with Gasteiger partial charge in [0.1, 0.15) is 11.6 Å². The highest BCUT2D eigenvalue weighted by atomic mass is 19.4. The van der Waals surface area contributed by atoms with Gasteiger partial charge in [0.15, 0.2) is 5.82 Å². The molecule has 1 aromatic carbocycles. The molecule has 2 aromatic rings.